The van der Waals surface area contributed by atoms with Crippen LogP contribution in [0.1, 0.15) is 59.9 Å². The number of benzene rings is 3. The maximum absolute atomic E-state index is 13.9. The number of carbonyl (C=O) groups excluding carboxylic acids is 4. The quantitative estimate of drug-likeness (QED) is 0.234. The zero-order valence-corrected chi connectivity index (χ0v) is 25.2. The molecule has 6 rings (SSSR count). The molecule has 0 radical (unpaired) electrons. The number of alkyl halides is 3. The summed E-state index contributed by atoms with van der Waals surface area (Å²) >= 11 is 0. The molecular weight excluding hydrogens is 613 g/mol. The lowest BCUT2D eigenvalue weighted by molar-refractivity contribution is -0.137. The van der Waals surface area contributed by atoms with Gasteiger partial charge in [0, 0.05) is 37.5 Å². The Hall–Kier alpha value is -5.52. The number of aryl methyl sites for hydroxylation is 1. The Morgan fingerprint density at radius 2 is 1.66 bits per heavy atom. The van der Waals surface area contributed by atoms with Crippen LogP contribution in [0.5, 0.6) is 11.5 Å². The summed E-state index contributed by atoms with van der Waals surface area (Å²) < 4.78 is 47.5. The van der Waals surface area contributed by atoms with Crippen molar-refractivity contribution in [2.24, 2.45) is 5.92 Å². The lowest BCUT2D eigenvalue weighted by Gasteiger charge is -2.25. The van der Waals surface area contributed by atoms with Gasteiger partial charge in [0.15, 0.2) is 0 Å². The number of amides is 4. The van der Waals surface area contributed by atoms with Gasteiger partial charge in [0.2, 0.25) is 5.91 Å². The van der Waals surface area contributed by atoms with E-state index in [-0.39, 0.29) is 46.9 Å². The van der Waals surface area contributed by atoms with Gasteiger partial charge in [0.1, 0.15) is 17.2 Å². The third-order valence-electron chi connectivity index (χ3n) is 8.29. The summed E-state index contributed by atoms with van der Waals surface area (Å²) in [5.41, 5.74) is 1.88. The van der Waals surface area contributed by atoms with E-state index in [2.05, 4.69) is 15.6 Å². The van der Waals surface area contributed by atoms with Crippen LogP contribution in [0, 0.1) is 5.92 Å². The molecule has 2 heterocycles. The molecule has 1 aromatic heterocycles. The van der Waals surface area contributed by atoms with Crippen molar-refractivity contribution in [1.29, 1.82) is 0 Å². The second kappa shape index (κ2) is 12.7. The zero-order chi connectivity index (χ0) is 33.3. The number of anilines is 1. The minimum atomic E-state index is -4.68. The van der Waals surface area contributed by atoms with E-state index in [1.165, 1.54) is 37.5 Å². The number of aromatic nitrogens is 1. The largest absolute Gasteiger partial charge is 0.457 e. The Bertz CT molecular complexity index is 1870. The van der Waals surface area contributed by atoms with E-state index in [1.807, 2.05) is 12.1 Å². The van der Waals surface area contributed by atoms with Crippen molar-refractivity contribution in [3.05, 3.63) is 118 Å². The summed E-state index contributed by atoms with van der Waals surface area (Å²) in [5.74, 6) is -1.36. The standard InChI is InChI=1S/C35H29F3N4O5/c1-39-32(44)30-19-27(10-12-40-30)47-26-9-8-21-6-7-22(16-23(21)17-26)31(43)41-25-15-20(14-24(18-25)35(36,37)38)11-13-42-33(45)28-4-2-3-5-29(28)34(42)46/h2-5,8-10,12,14-15,17-19,22H,6-7,11,13,16H2,1H3,(H,39,44)(H,41,43). The van der Waals surface area contributed by atoms with Crippen LogP contribution in [0.3, 0.4) is 0 Å². The molecule has 4 amide bonds. The molecule has 2 N–H and O–H groups in total. The SMILES string of the molecule is CNC(=O)c1cc(Oc2ccc3c(c2)CC(C(=O)Nc2cc(CCN4C(=O)c5ccccc5C4=O)cc(C(F)(F)F)c2)CC3)ccn1. The molecule has 0 spiro atoms. The predicted molar refractivity (Wildman–Crippen MR) is 165 cm³/mol. The first-order chi connectivity index (χ1) is 22.5. The Morgan fingerprint density at radius 3 is 2.36 bits per heavy atom. The van der Waals surface area contributed by atoms with Gasteiger partial charge in [-0.3, -0.25) is 29.1 Å². The van der Waals surface area contributed by atoms with Crippen LogP contribution in [-0.4, -0.2) is 47.1 Å². The number of nitrogens with zero attached hydrogens (tertiary/aromatic N) is 2. The topological polar surface area (TPSA) is 118 Å². The molecule has 9 nitrogen and oxygen atoms in total. The number of hydrogen-bond donors (Lipinski definition) is 2. The maximum Gasteiger partial charge on any atom is 0.416 e. The third kappa shape index (κ3) is 6.71. The molecule has 0 saturated carbocycles. The number of rotatable bonds is 8. The number of pyridine rings is 1. The molecule has 240 valence electrons. The van der Waals surface area contributed by atoms with Crippen molar-refractivity contribution < 1.29 is 37.1 Å². The van der Waals surface area contributed by atoms with Crippen molar-refractivity contribution in [1.82, 2.24) is 15.2 Å². The Balaban J connectivity index is 1.15. The van der Waals surface area contributed by atoms with Crippen LogP contribution in [0.4, 0.5) is 18.9 Å². The Kier molecular flexibility index (Phi) is 8.50. The van der Waals surface area contributed by atoms with Gasteiger partial charge in [-0.1, -0.05) is 18.2 Å². The van der Waals surface area contributed by atoms with Crippen LogP contribution in [-0.2, 0) is 30.2 Å². The number of ether oxygens (including phenoxy) is 1. The van der Waals surface area contributed by atoms with Crippen LogP contribution in [0.25, 0.3) is 0 Å². The molecular formula is C35H29F3N4O5. The normalized spacial score (nSPS) is 15.6. The second-order valence-electron chi connectivity index (χ2n) is 11.4. The van der Waals surface area contributed by atoms with E-state index in [1.54, 1.807) is 24.3 Å². The van der Waals surface area contributed by atoms with E-state index in [4.69, 9.17) is 4.74 Å². The van der Waals surface area contributed by atoms with Gasteiger partial charge in [-0.2, -0.15) is 13.2 Å². The lowest BCUT2D eigenvalue weighted by atomic mass is 9.83. The van der Waals surface area contributed by atoms with Gasteiger partial charge in [0.25, 0.3) is 17.7 Å². The first kappa shape index (κ1) is 31.5. The Morgan fingerprint density at radius 1 is 0.936 bits per heavy atom. The zero-order valence-electron chi connectivity index (χ0n) is 25.2. The molecule has 47 heavy (non-hydrogen) atoms. The van der Waals surface area contributed by atoms with E-state index in [0.717, 1.165) is 28.2 Å². The van der Waals surface area contributed by atoms with Crippen LogP contribution in [0.2, 0.25) is 0 Å². The van der Waals surface area contributed by atoms with E-state index in [0.29, 0.717) is 30.8 Å². The van der Waals surface area contributed by atoms with Crippen molar-refractivity contribution in [3.63, 3.8) is 0 Å². The van der Waals surface area contributed by atoms with Crippen LogP contribution < -0.4 is 15.4 Å². The lowest BCUT2D eigenvalue weighted by Crippen LogP contribution is -2.32. The van der Waals surface area contributed by atoms with Crippen LogP contribution >= 0.6 is 0 Å². The molecule has 4 aromatic rings. The summed E-state index contributed by atoms with van der Waals surface area (Å²) in [6.07, 6.45) is -1.80. The molecule has 2 aliphatic rings. The highest BCUT2D eigenvalue weighted by molar-refractivity contribution is 6.21. The van der Waals surface area contributed by atoms with E-state index >= 15 is 0 Å². The summed E-state index contributed by atoms with van der Waals surface area (Å²) in [4.78, 5) is 55.8. The van der Waals surface area contributed by atoms with Crippen LogP contribution in [0.15, 0.2) is 79.0 Å². The minimum absolute atomic E-state index is 0.0188. The summed E-state index contributed by atoms with van der Waals surface area (Å²) in [6, 6.07) is 18.3. The molecule has 1 aliphatic heterocycles. The molecule has 0 bridgehead atoms. The highest BCUT2D eigenvalue weighted by Gasteiger charge is 2.35. The van der Waals surface area contributed by atoms with Crippen molar-refractivity contribution in [2.45, 2.75) is 31.9 Å². The van der Waals surface area contributed by atoms with Crippen molar-refractivity contribution >= 4 is 29.3 Å². The number of hydrogen-bond acceptors (Lipinski definition) is 6. The van der Waals surface area contributed by atoms with Gasteiger partial charge < -0.3 is 15.4 Å². The molecule has 12 heteroatoms. The molecule has 3 aromatic carbocycles. The predicted octanol–water partition coefficient (Wildman–Crippen LogP) is 5.83. The summed E-state index contributed by atoms with van der Waals surface area (Å²) in [6.45, 7) is -0.114. The van der Waals surface area contributed by atoms with Gasteiger partial charge in [-0.05, 0) is 90.9 Å². The first-order valence-electron chi connectivity index (χ1n) is 14.9. The highest BCUT2D eigenvalue weighted by atomic mass is 19.4. The fourth-order valence-electron chi connectivity index (χ4n) is 5.88. The van der Waals surface area contributed by atoms with Crippen molar-refractivity contribution in [3.8, 4) is 11.5 Å². The monoisotopic (exact) mass is 642 g/mol. The number of fused-ring (bicyclic) bond motifs is 2. The number of carbonyl (C=O) groups is 4. The van der Waals surface area contributed by atoms with Gasteiger partial charge in [-0.25, -0.2) is 0 Å². The number of imide groups is 1. The number of nitrogens with one attached hydrogen (secondary N) is 2. The van der Waals surface area contributed by atoms with Gasteiger partial charge >= 0.3 is 6.18 Å². The van der Waals surface area contributed by atoms with Crippen molar-refractivity contribution in [2.75, 3.05) is 18.9 Å². The third-order valence-corrected chi connectivity index (χ3v) is 8.29. The summed E-state index contributed by atoms with van der Waals surface area (Å²) in [5, 5.41) is 5.18. The number of halogens is 3. The molecule has 0 fully saturated rings. The second-order valence-corrected chi connectivity index (χ2v) is 11.4. The first-order valence-corrected chi connectivity index (χ1v) is 14.9. The van der Waals surface area contributed by atoms with E-state index < -0.39 is 35.4 Å². The fourth-order valence-corrected chi connectivity index (χ4v) is 5.88. The molecule has 1 unspecified atom stereocenters. The van der Waals surface area contributed by atoms with Gasteiger partial charge in [0.05, 0.1) is 16.7 Å². The maximum atomic E-state index is 13.9. The molecule has 1 aliphatic carbocycles. The average Bonchev–Trinajstić information content (AvgIpc) is 3.31. The highest BCUT2D eigenvalue weighted by Crippen LogP contribution is 2.34. The molecule has 0 saturated heterocycles. The van der Waals surface area contributed by atoms with Gasteiger partial charge in [-0.15, -0.1) is 0 Å². The Labute approximate surface area is 267 Å². The smallest absolute Gasteiger partial charge is 0.416 e. The molecule has 1 atom stereocenters. The summed E-state index contributed by atoms with van der Waals surface area (Å²) in [7, 11) is 1.50. The minimum Gasteiger partial charge on any atom is -0.457 e. The average molecular weight is 643 g/mol. The fraction of sp³-hybridized carbons (Fsp3) is 0.229. The van der Waals surface area contributed by atoms with E-state index in [9.17, 15) is 32.3 Å².